The summed E-state index contributed by atoms with van der Waals surface area (Å²) in [7, 11) is -4.39. The topological polar surface area (TPSA) is 84.0 Å². The van der Waals surface area contributed by atoms with Crippen LogP contribution in [0.2, 0.25) is 0 Å². The lowest BCUT2D eigenvalue weighted by Gasteiger charge is -2.27. The molecule has 0 saturated carbocycles. The molecule has 1 saturated heterocycles. The molecule has 0 aliphatic carbocycles. The quantitative estimate of drug-likeness (QED) is 0.787. The molecule has 7 nitrogen and oxygen atoms in total. The molecule has 0 N–H and O–H groups in total. The van der Waals surface area contributed by atoms with E-state index in [-0.39, 0.29) is 10.6 Å². The number of hydrogen-bond donors (Lipinski definition) is 0. The van der Waals surface area contributed by atoms with Gasteiger partial charge in [0.2, 0.25) is 20.0 Å². The molecule has 0 atom stereocenters. The Balaban J connectivity index is 2.48. The Bertz CT molecular complexity index is 768. The summed E-state index contributed by atoms with van der Waals surface area (Å²) in [5.74, 6) is 0.301. The van der Waals surface area contributed by atoms with Gasteiger partial charge in [-0.05, 0) is 31.0 Å². The molecule has 9 heteroatoms. The normalized spacial score (nSPS) is 17.0. The van der Waals surface area contributed by atoms with Gasteiger partial charge in [-0.15, -0.1) is 0 Å². The van der Waals surface area contributed by atoms with E-state index in [2.05, 4.69) is 0 Å². The summed E-state index contributed by atoms with van der Waals surface area (Å²) in [4.78, 5) is 0.0747. The van der Waals surface area contributed by atoms with Crippen LogP contribution in [0.15, 0.2) is 23.1 Å². The van der Waals surface area contributed by atoms with Gasteiger partial charge < -0.3 is 4.74 Å². The maximum atomic E-state index is 12.7. The minimum Gasteiger partial charge on any atom is -0.495 e. The first-order chi connectivity index (χ1) is 10.7. The smallest absolute Gasteiger partial charge is 0.243 e. The fourth-order valence-corrected chi connectivity index (χ4v) is 4.55. The molecule has 1 aromatic rings. The average Bonchev–Trinajstić information content (AvgIpc) is 2.53. The summed E-state index contributed by atoms with van der Waals surface area (Å²) < 4.78 is 56.6. The van der Waals surface area contributed by atoms with Crippen molar-refractivity contribution in [3.63, 3.8) is 0 Å². The minimum atomic E-state index is -3.63. The molecule has 1 aliphatic heterocycles. The zero-order chi connectivity index (χ0) is 17.3. The Morgan fingerprint density at radius 2 is 1.70 bits per heavy atom. The lowest BCUT2D eigenvalue weighted by molar-refractivity contribution is 0.346. The number of hydrogen-bond acceptors (Lipinski definition) is 5. The molecule has 2 rings (SSSR count). The van der Waals surface area contributed by atoms with E-state index in [0.717, 1.165) is 29.8 Å². The van der Waals surface area contributed by atoms with Gasteiger partial charge >= 0.3 is 0 Å². The van der Waals surface area contributed by atoms with E-state index in [0.29, 0.717) is 18.8 Å². The van der Waals surface area contributed by atoms with E-state index in [1.165, 1.54) is 36.7 Å². The van der Waals surface area contributed by atoms with E-state index >= 15 is 0 Å². The molecule has 130 valence electrons. The lowest BCUT2D eigenvalue weighted by atomic mass is 10.2. The fourth-order valence-electron chi connectivity index (χ4n) is 2.51. The number of methoxy groups -OCH3 is 1. The van der Waals surface area contributed by atoms with Crippen molar-refractivity contribution in [1.29, 1.82) is 0 Å². The van der Waals surface area contributed by atoms with Gasteiger partial charge in [0, 0.05) is 20.1 Å². The van der Waals surface area contributed by atoms with Gasteiger partial charge in [0.05, 0.1) is 23.9 Å². The molecule has 0 unspecified atom stereocenters. The van der Waals surface area contributed by atoms with Gasteiger partial charge in [0.1, 0.15) is 5.75 Å². The number of nitrogens with zero attached hydrogens (tertiary/aromatic N) is 2. The summed E-state index contributed by atoms with van der Waals surface area (Å²) >= 11 is 0. The minimum absolute atomic E-state index is 0.0747. The molecule has 1 fully saturated rings. The van der Waals surface area contributed by atoms with Crippen LogP contribution < -0.4 is 9.04 Å². The maximum Gasteiger partial charge on any atom is 0.243 e. The van der Waals surface area contributed by atoms with Crippen LogP contribution in [0.4, 0.5) is 5.69 Å². The van der Waals surface area contributed by atoms with Crippen LogP contribution in [0, 0.1) is 0 Å². The van der Waals surface area contributed by atoms with Crippen LogP contribution in [0.25, 0.3) is 0 Å². The fraction of sp³-hybridized carbons (Fsp3) is 0.571. The molecule has 0 spiro atoms. The molecule has 1 heterocycles. The third-order valence-electron chi connectivity index (χ3n) is 3.94. The molecule has 1 aromatic carbocycles. The lowest BCUT2D eigenvalue weighted by Crippen LogP contribution is -2.35. The zero-order valence-electron chi connectivity index (χ0n) is 13.5. The summed E-state index contributed by atoms with van der Waals surface area (Å²) in [6.45, 7) is 0.983. The standard InChI is InChI=1S/C14H22N2O5S2/c1-15(22(3,17)18)13-11-12(7-8-14(13)21-2)23(19,20)16-9-5-4-6-10-16/h7-8,11H,4-6,9-10H2,1-3H3. The molecule has 0 amide bonds. The number of benzene rings is 1. The van der Waals surface area contributed by atoms with E-state index in [4.69, 9.17) is 4.74 Å². The van der Waals surface area contributed by atoms with Crippen LogP contribution in [0.5, 0.6) is 5.75 Å². The van der Waals surface area contributed by atoms with Crippen LogP contribution in [-0.2, 0) is 20.0 Å². The Morgan fingerprint density at radius 3 is 2.22 bits per heavy atom. The van der Waals surface area contributed by atoms with Gasteiger partial charge in [-0.2, -0.15) is 4.31 Å². The molecule has 0 bridgehead atoms. The van der Waals surface area contributed by atoms with Gasteiger partial charge in [0.25, 0.3) is 0 Å². The number of ether oxygens (including phenoxy) is 1. The van der Waals surface area contributed by atoms with Crippen LogP contribution >= 0.6 is 0 Å². The van der Waals surface area contributed by atoms with Crippen molar-refractivity contribution in [3.05, 3.63) is 18.2 Å². The maximum absolute atomic E-state index is 12.7. The molecule has 0 radical (unpaired) electrons. The monoisotopic (exact) mass is 362 g/mol. The van der Waals surface area contributed by atoms with Crippen LogP contribution in [0.3, 0.4) is 0 Å². The van der Waals surface area contributed by atoms with E-state index in [1.807, 2.05) is 0 Å². The molecule has 23 heavy (non-hydrogen) atoms. The largest absolute Gasteiger partial charge is 0.495 e. The summed E-state index contributed by atoms with van der Waals surface area (Å²) in [5.41, 5.74) is 0.202. The van der Waals surface area contributed by atoms with E-state index in [9.17, 15) is 16.8 Å². The Hall–Kier alpha value is -1.32. The van der Waals surface area contributed by atoms with Crippen LogP contribution in [0.1, 0.15) is 19.3 Å². The summed E-state index contributed by atoms with van der Waals surface area (Å²) in [5, 5.41) is 0. The zero-order valence-corrected chi connectivity index (χ0v) is 15.2. The van der Waals surface area contributed by atoms with Gasteiger partial charge in [-0.1, -0.05) is 6.42 Å². The van der Waals surface area contributed by atoms with Crippen molar-refractivity contribution in [2.45, 2.75) is 24.2 Å². The molecule has 1 aliphatic rings. The number of anilines is 1. The van der Waals surface area contributed by atoms with Crippen molar-refractivity contribution >= 4 is 25.7 Å². The molecular weight excluding hydrogens is 340 g/mol. The highest BCUT2D eigenvalue weighted by molar-refractivity contribution is 7.92. The predicted molar refractivity (Wildman–Crippen MR) is 88.9 cm³/mol. The highest BCUT2D eigenvalue weighted by atomic mass is 32.2. The summed E-state index contributed by atoms with van der Waals surface area (Å²) in [6, 6.07) is 4.28. The third-order valence-corrected chi connectivity index (χ3v) is 7.03. The van der Waals surface area contributed by atoms with Crippen LogP contribution in [-0.4, -0.2) is 54.6 Å². The average molecular weight is 362 g/mol. The van der Waals surface area contributed by atoms with Gasteiger partial charge in [0.15, 0.2) is 0 Å². The predicted octanol–water partition coefficient (Wildman–Crippen LogP) is 1.27. The second-order valence-electron chi connectivity index (χ2n) is 5.53. The highest BCUT2D eigenvalue weighted by Crippen LogP contribution is 2.33. The van der Waals surface area contributed by atoms with Crippen molar-refractivity contribution in [1.82, 2.24) is 4.31 Å². The first-order valence-electron chi connectivity index (χ1n) is 7.30. The third kappa shape index (κ3) is 3.78. The van der Waals surface area contributed by atoms with E-state index < -0.39 is 20.0 Å². The summed E-state index contributed by atoms with van der Waals surface area (Å²) in [6.07, 6.45) is 3.76. The van der Waals surface area contributed by atoms with Crippen molar-refractivity contribution in [2.24, 2.45) is 0 Å². The Kier molecular flexibility index (Phi) is 5.22. The van der Waals surface area contributed by atoms with Crippen molar-refractivity contribution in [2.75, 3.05) is 37.8 Å². The number of sulfonamides is 2. The Labute approximate surface area is 137 Å². The molecular formula is C14H22N2O5S2. The number of piperidine rings is 1. The highest BCUT2D eigenvalue weighted by Gasteiger charge is 2.28. The Morgan fingerprint density at radius 1 is 1.09 bits per heavy atom. The van der Waals surface area contributed by atoms with Crippen molar-refractivity contribution < 1.29 is 21.6 Å². The molecule has 0 aromatic heterocycles. The van der Waals surface area contributed by atoms with Gasteiger partial charge in [-0.25, -0.2) is 16.8 Å². The number of rotatable bonds is 5. The van der Waals surface area contributed by atoms with Crippen molar-refractivity contribution in [3.8, 4) is 5.75 Å². The first kappa shape index (κ1) is 18.0. The SMILES string of the molecule is COc1ccc(S(=O)(=O)N2CCCCC2)cc1N(C)S(C)(=O)=O. The van der Waals surface area contributed by atoms with Gasteiger partial charge in [-0.3, -0.25) is 4.31 Å². The van der Waals surface area contributed by atoms with E-state index in [1.54, 1.807) is 0 Å². The first-order valence-corrected chi connectivity index (χ1v) is 10.6. The second kappa shape index (κ2) is 6.66. The second-order valence-corrected chi connectivity index (χ2v) is 9.48.